The van der Waals surface area contributed by atoms with Crippen molar-refractivity contribution in [1.29, 1.82) is 0 Å². The molecule has 0 saturated heterocycles. The van der Waals surface area contributed by atoms with Crippen LogP contribution in [-0.4, -0.2) is 33.4 Å². The van der Waals surface area contributed by atoms with Gasteiger partial charge in [0.25, 0.3) is 0 Å². The van der Waals surface area contributed by atoms with Crippen molar-refractivity contribution in [3.8, 4) is 5.75 Å². The smallest absolute Gasteiger partial charge is 0.337 e. The predicted molar refractivity (Wildman–Crippen MR) is 66.8 cm³/mol. The summed E-state index contributed by atoms with van der Waals surface area (Å²) in [5.74, 6) is 0.0385. The van der Waals surface area contributed by atoms with Gasteiger partial charge in [-0.3, -0.25) is 0 Å². The van der Waals surface area contributed by atoms with Gasteiger partial charge in [-0.25, -0.2) is 4.79 Å². The average Bonchev–Trinajstić information content (AvgIpc) is 2.31. The van der Waals surface area contributed by atoms with Crippen molar-refractivity contribution in [2.45, 2.75) is 0 Å². The summed E-state index contributed by atoms with van der Waals surface area (Å²) in [5, 5.41) is 0. The molecule has 5 nitrogen and oxygen atoms in total. The van der Waals surface area contributed by atoms with Gasteiger partial charge in [0.05, 0.1) is 25.0 Å². The van der Waals surface area contributed by atoms with Crippen LogP contribution in [0, 0.1) is 0 Å². The Hall–Kier alpha value is -1.46. The summed E-state index contributed by atoms with van der Waals surface area (Å²) in [4.78, 5) is 11.3. The lowest BCUT2D eigenvalue weighted by molar-refractivity contribution is 0.0600. The number of carbonyl (C=O) groups excluding carboxylic acids is 1. The maximum atomic E-state index is 11.3. The SMILES string of the molecule is COCCOc1cc(C(=O)OC)ccc1N.Cl. The standard InChI is InChI=1S/C11H15NO4.ClH/c1-14-5-6-16-10-7-8(11(13)15-2)3-4-9(10)12;/h3-4,7H,5-6,12H2,1-2H3;1H. The molecule has 0 heterocycles. The van der Waals surface area contributed by atoms with E-state index in [1.54, 1.807) is 25.3 Å². The molecule has 1 rings (SSSR count). The Morgan fingerprint density at radius 1 is 1.29 bits per heavy atom. The van der Waals surface area contributed by atoms with Crippen LogP contribution in [0.4, 0.5) is 5.69 Å². The largest absolute Gasteiger partial charge is 0.489 e. The second-order valence-electron chi connectivity index (χ2n) is 3.09. The van der Waals surface area contributed by atoms with Gasteiger partial charge < -0.3 is 19.9 Å². The lowest BCUT2D eigenvalue weighted by atomic mass is 10.2. The topological polar surface area (TPSA) is 70.8 Å². The van der Waals surface area contributed by atoms with E-state index in [9.17, 15) is 4.79 Å². The van der Waals surface area contributed by atoms with Crippen molar-refractivity contribution in [2.75, 3.05) is 33.2 Å². The summed E-state index contributed by atoms with van der Waals surface area (Å²) >= 11 is 0. The lowest BCUT2D eigenvalue weighted by Gasteiger charge is -2.09. The number of nitrogens with two attached hydrogens (primary N) is 1. The Morgan fingerprint density at radius 3 is 2.59 bits per heavy atom. The molecule has 0 aliphatic carbocycles. The molecule has 1 aromatic rings. The van der Waals surface area contributed by atoms with Crippen molar-refractivity contribution < 1.29 is 19.0 Å². The number of rotatable bonds is 5. The van der Waals surface area contributed by atoms with Crippen molar-refractivity contribution in [3.05, 3.63) is 23.8 Å². The number of benzene rings is 1. The first-order chi connectivity index (χ1) is 7.69. The van der Waals surface area contributed by atoms with Crippen LogP contribution < -0.4 is 10.5 Å². The number of anilines is 1. The molecule has 0 spiro atoms. The van der Waals surface area contributed by atoms with Crippen molar-refractivity contribution >= 4 is 24.1 Å². The van der Waals surface area contributed by atoms with Crippen LogP contribution in [-0.2, 0) is 9.47 Å². The van der Waals surface area contributed by atoms with Gasteiger partial charge in [0.1, 0.15) is 12.4 Å². The third-order valence-electron chi connectivity index (χ3n) is 1.98. The Balaban J connectivity index is 0.00000256. The fourth-order valence-electron chi connectivity index (χ4n) is 1.14. The highest BCUT2D eigenvalue weighted by molar-refractivity contribution is 5.90. The Bertz CT molecular complexity index is 370. The molecule has 17 heavy (non-hydrogen) atoms. The van der Waals surface area contributed by atoms with Crippen molar-refractivity contribution in [3.63, 3.8) is 0 Å². The van der Waals surface area contributed by atoms with E-state index in [2.05, 4.69) is 4.74 Å². The first-order valence-corrected chi connectivity index (χ1v) is 4.78. The summed E-state index contributed by atoms with van der Waals surface area (Å²) in [7, 11) is 2.90. The number of carbonyl (C=O) groups is 1. The second kappa shape index (κ2) is 7.76. The molecule has 2 N–H and O–H groups in total. The zero-order chi connectivity index (χ0) is 12.0. The van der Waals surface area contributed by atoms with Gasteiger partial charge in [-0.2, -0.15) is 0 Å². The van der Waals surface area contributed by atoms with Crippen molar-refractivity contribution in [2.24, 2.45) is 0 Å². The summed E-state index contributed by atoms with van der Waals surface area (Å²) in [6.45, 7) is 0.840. The van der Waals surface area contributed by atoms with E-state index in [-0.39, 0.29) is 12.4 Å². The fraction of sp³-hybridized carbons (Fsp3) is 0.364. The highest BCUT2D eigenvalue weighted by atomic mass is 35.5. The van der Waals surface area contributed by atoms with E-state index in [1.165, 1.54) is 7.11 Å². The normalized spacial score (nSPS) is 9.29. The van der Waals surface area contributed by atoms with Crippen LogP contribution >= 0.6 is 12.4 Å². The molecule has 0 saturated carbocycles. The number of methoxy groups -OCH3 is 2. The minimum atomic E-state index is -0.420. The molecule has 0 aliphatic heterocycles. The predicted octanol–water partition coefficient (Wildman–Crippen LogP) is 1.50. The monoisotopic (exact) mass is 261 g/mol. The minimum absolute atomic E-state index is 0. The summed E-state index contributed by atoms with van der Waals surface area (Å²) in [6, 6.07) is 4.75. The molecule has 0 bridgehead atoms. The van der Waals surface area contributed by atoms with Gasteiger partial charge in [0.15, 0.2) is 0 Å². The van der Waals surface area contributed by atoms with Crippen LogP contribution in [0.1, 0.15) is 10.4 Å². The summed E-state index contributed by atoms with van der Waals surface area (Å²) < 4.78 is 14.8. The zero-order valence-corrected chi connectivity index (χ0v) is 10.6. The quantitative estimate of drug-likeness (QED) is 0.494. The summed E-state index contributed by atoms with van der Waals surface area (Å²) in [5.41, 5.74) is 6.58. The highest BCUT2D eigenvalue weighted by Gasteiger charge is 2.08. The average molecular weight is 262 g/mol. The molecule has 0 aromatic heterocycles. The van der Waals surface area contributed by atoms with E-state index >= 15 is 0 Å². The lowest BCUT2D eigenvalue weighted by Crippen LogP contribution is -2.07. The van der Waals surface area contributed by atoms with E-state index in [0.717, 1.165) is 0 Å². The molecule has 0 unspecified atom stereocenters. The second-order valence-corrected chi connectivity index (χ2v) is 3.09. The number of hydrogen-bond acceptors (Lipinski definition) is 5. The van der Waals surface area contributed by atoms with E-state index in [4.69, 9.17) is 15.2 Å². The van der Waals surface area contributed by atoms with E-state index in [0.29, 0.717) is 30.2 Å². The van der Waals surface area contributed by atoms with Crippen molar-refractivity contribution in [1.82, 2.24) is 0 Å². The molecule has 0 fully saturated rings. The van der Waals surface area contributed by atoms with E-state index < -0.39 is 5.97 Å². The number of halogens is 1. The molecule has 0 radical (unpaired) electrons. The van der Waals surface area contributed by atoms with E-state index in [1.807, 2.05) is 0 Å². The molecular weight excluding hydrogens is 246 g/mol. The van der Waals surface area contributed by atoms with Gasteiger partial charge in [-0.1, -0.05) is 0 Å². The van der Waals surface area contributed by atoms with Crippen LogP contribution in [0.3, 0.4) is 0 Å². The number of nitrogen functional groups attached to an aromatic ring is 1. The van der Waals surface area contributed by atoms with Crippen LogP contribution in [0.15, 0.2) is 18.2 Å². The molecule has 0 atom stereocenters. The summed E-state index contributed by atoms with van der Waals surface area (Å²) in [6.07, 6.45) is 0. The Morgan fingerprint density at radius 2 is 2.00 bits per heavy atom. The van der Waals surface area contributed by atoms with Crippen LogP contribution in [0.5, 0.6) is 5.75 Å². The zero-order valence-electron chi connectivity index (χ0n) is 9.76. The Kier molecular flexibility index (Phi) is 7.09. The van der Waals surface area contributed by atoms with Crippen LogP contribution in [0.25, 0.3) is 0 Å². The van der Waals surface area contributed by atoms with Gasteiger partial charge in [0.2, 0.25) is 0 Å². The molecule has 6 heteroatoms. The molecule has 96 valence electrons. The maximum absolute atomic E-state index is 11.3. The molecule has 0 amide bonds. The molecule has 0 aliphatic rings. The first-order valence-electron chi connectivity index (χ1n) is 4.78. The Labute approximate surface area is 106 Å². The third kappa shape index (κ3) is 4.50. The molecule has 1 aromatic carbocycles. The first kappa shape index (κ1) is 15.5. The third-order valence-corrected chi connectivity index (χ3v) is 1.98. The molecular formula is C11H16ClNO4. The minimum Gasteiger partial charge on any atom is -0.489 e. The van der Waals surface area contributed by atoms with Gasteiger partial charge in [-0.15, -0.1) is 12.4 Å². The number of esters is 1. The number of hydrogen-bond donors (Lipinski definition) is 1. The fourth-order valence-corrected chi connectivity index (χ4v) is 1.14. The van der Waals surface area contributed by atoms with Crippen LogP contribution in [0.2, 0.25) is 0 Å². The van der Waals surface area contributed by atoms with Gasteiger partial charge >= 0.3 is 5.97 Å². The van der Waals surface area contributed by atoms with Gasteiger partial charge in [0, 0.05) is 7.11 Å². The number of ether oxygens (including phenoxy) is 3. The highest BCUT2D eigenvalue weighted by Crippen LogP contribution is 2.23. The maximum Gasteiger partial charge on any atom is 0.337 e. The van der Waals surface area contributed by atoms with Gasteiger partial charge in [-0.05, 0) is 18.2 Å².